The van der Waals surface area contributed by atoms with Crippen LogP contribution in [0.5, 0.6) is 0 Å². The number of carboxylic acids is 1. The van der Waals surface area contributed by atoms with Gasteiger partial charge in [-0.1, -0.05) is 51.5 Å². The van der Waals surface area contributed by atoms with Crippen LogP contribution in [0.2, 0.25) is 0 Å². The molecule has 0 spiro atoms. The molecule has 0 aliphatic heterocycles. The van der Waals surface area contributed by atoms with Gasteiger partial charge in [-0.05, 0) is 49.9 Å². The molecule has 1 aliphatic carbocycles. The van der Waals surface area contributed by atoms with E-state index in [1.54, 1.807) is 13.0 Å². The number of allylic oxidation sites excluding steroid dienone is 3. The maximum Gasteiger partial charge on any atom is 0.303 e. The largest absolute Gasteiger partial charge is 0.481 e. The van der Waals surface area contributed by atoms with E-state index in [-0.39, 0.29) is 34.9 Å². The minimum absolute atomic E-state index is 0.00703. The van der Waals surface area contributed by atoms with Gasteiger partial charge < -0.3 is 5.11 Å². The van der Waals surface area contributed by atoms with E-state index in [1.165, 1.54) is 0 Å². The summed E-state index contributed by atoms with van der Waals surface area (Å²) in [5.74, 6) is -0.737. The Kier molecular flexibility index (Phi) is 6.38. The van der Waals surface area contributed by atoms with E-state index in [9.17, 15) is 14.7 Å². The molecule has 0 saturated heterocycles. The highest BCUT2D eigenvalue weighted by Gasteiger charge is 2.51. The molecule has 1 fully saturated rings. The van der Waals surface area contributed by atoms with Crippen LogP contribution in [0.3, 0.4) is 0 Å². The molecule has 0 radical (unpaired) electrons. The minimum atomic E-state index is -0.767. The lowest BCUT2D eigenvalue weighted by Gasteiger charge is -2.53. The van der Waals surface area contributed by atoms with Crippen LogP contribution in [0.15, 0.2) is 24.3 Å². The average Bonchev–Trinajstić information content (AvgIpc) is 2.42. The van der Waals surface area contributed by atoms with Gasteiger partial charge in [0.1, 0.15) is 5.78 Å². The quantitative estimate of drug-likeness (QED) is 0.670. The van der Waals surface area contributed by atoms with Crippen LogP contribution < -0.4 is 0 Å². The minimum Gasteiger partial charge on any atom is -0.481 e. The number of Topliss-reactive ketones (excluding diaryl/α,β-unsaturated/α-hetero) is 1. The van der Waals surface area contributed by atoms with Crippen molar-refractivity contribution < 1.29 is 14.7 Å². The molecule has 130 valence electrons. The molecule has 1 rings (SSSR count). The predicted octanol–water partition coefficient (Wildman–Crippen LogP) is 5.02. The number of carbonyl (C=O) groups is 2. The molecule has 1 saturated carbocycles. The second-order valence-electron chi connectivity index (χ2n) is 8.05. The topological polar surface area (TPSA) is 54.4 Å². The fourth-order valence-corrected chi connectivity index (χ4v) is 4.55. The zero-order chi connectivity index (χ0) is 17.8. The van der Waals surface area contributed by atoms with E-state index in [4.69, 9.17) is 0 Å². The highest BCUT2D eigenvalue weighted by atomic mass is 16.4. The third-order valence-corrected chi connectivity index (χ3v) is 5.94. The Balaban J connectivity index is 3.24. The lowest BCUT2D eigenvalue weighted by Crippen LogP contribution is -2.49. The van der Waals surface area contributed by atoms with E-state index in [0.717, 1.165) is 24.8 Å². The highest BCUT2D eigenvalue weighted by molar-refractivity contribution is 5.79. The maximum absolute atomic E-state index is 12.4. The van der Waals surface area contributed by atoms with Crippen molar-refractivity contribution in [2.24, 2.45) is 22.7 Å². The average molecular weight is 320 g/mol. The number of hydrogen-bond acceptors (Lipinski definition) is 2. The second kappa shape index (κ2) is 7.46. The monoisotopic (exact) mass is 320 g/mol. The van der Waals surface area contributed by atoms with Crippen LogP contribution in [0.25, 0.3) is 0 Å². The van der Waals surface area contributed by atoms with Crippen LogP contribution >= 0.6 is 0 Å². The number of aliphatic carboxylic acids is 1. The van der Waals surface area contributed by atoms with E-state index >= 15 is 0 Å². The van der Waals surface area contributed by atoms with Crippen LogP contribution in [-0.2, 0) is 9.59 Å². The summed E-state index contributed by atoms with van der Waals surface area (Å²) in [6, 6.07) is 0. The number of carbonyl (C=O) groups excluding carboxylic acids is 1. The van der Waals surface area contributed by atoms with Gasteiger partial charge in [-0.3, -0.25) is 9.59 Å². The summed E-state index contributed by atoms with van der Waals surface area (Å²) >= 11 is 0. The van der Waals surface area contributed by atoms with Gasteiger partial charge in [0.05, 0.1) is 0 Å². The first kappa shape index (κ1) is 19.7. The normalized spacial score (nSPS) is 28.9. The summed E-state index contributed by atoms with van der Waals surface area (Å²) in [5, 5.41) is 9.40. The second-order valence-corrected chi connectivity index (χ2v) is 8.05. The van der Waals surface area contributed by atoms with Gasteiger partial charge in [0, 0.05) is 12.3 Å². The number of carboxylic acid groups (broad SMARTS) is 1. The Hall–Kier alpha value is -1.38. The molecule has 0 heterocycles. The summed E-state index contributed by atoms with van der Waals surface area (Å²) < 4.78 is 0. The van der Waals surface area contributed by atoms with Crippen molar-refractivity contribution in [3.8, 4) is 0 Å². The van der Waals surface area contributed by atoms with Crippen molar-refractivity contribution in [2.75, 3.05) is 0 Å². The lowest BCUT2D eigenvalue weighted by atomic mass is 9.50. The maximum atomic E-state index is 12.4. The molecule has 23 heavy (non-hydrogen) atoms. The molecule has 0 aromatic carbocycles. The molecular weight excluding hydrogens is 288 g/mol. The SMILES string of the molecule is C=CC(C)=CCC(C(C)=O)C1(C)CCCC(C)(C)C1CC(=O)O. The van der Waals surface area contributed by atoms with Gasteiger partial charge in [-0.2, -0.15) is 0 Å². The summed E-state index contributed by atoms with van der Waals surface area (Å²) in [4.78, 5) is 23.8. The van der Waals surface area contributed by atoms with Crippen molar-refractivity contribution in [3.63, 3.8) is 0 Å². The Morgan fingerprint density at radius 1 is 1.26 bits per heavy atom. The van der Waals surface area contributed by atoms with E-state index < -0.39 is 5.97 Å². The Bertz CT molecular complexity index is 501. The first-order valence-corrected chi connectivity index (χ1v) is 8.56. The molecule has 3 nitrogen and oxygen atoms in total. The third kappa shape index (κ3) is 4.55. The zero-order valence-electron chi connectivity index (χ0n) is 15.3. The van der Waals surface area contributed by atoms with Gasteiger partial charge in [0.2, 0.25) is 0 Å². The standard InChI is InChI=1S/C20H32O3/c1-7-14(2)9-10-16(15(3)21)20(6)12-8-11-19(4,5)17(20)13-18(22)23/h7,9,16-17H,1,8,10-13H2,2-6H3,(H,22,23). The highest BCUT2D eigenvalue weighted by Crippen LogP contribution is 2.57. The first-order valence-electron chi connectivity index (χ1n) is 8.56. The molecule has 1 aliphatic rings. The Labute approximate surface area is 140 Å². The smallest absolute Gasteiger partial charge is 0.303 e. The Morgan fingerprint density at radius 3 is 2.35 bits per heavy atom. The fraction of sp³-hybridized carbons (Fsp3) is 0.700. The van der Waals surface area contributed by atoms with Crippen LogP contribution in [0.4, 0.5) is 0 Å². The van der Waals surface area contributed by atoms with E-state index in [2.05, 4.69) is 33.4 Å². The zero-order valence-corrected chi connectivity index (χ0v) is 15.3. The molecule has 0 aromatic heterocycles. The first-order chi connectivity index (χ1) is 10.5. The van der Waals surface area contributed by atoms with Gasteiger partial charge in [0.15, 0.2) is 0 Å². The Morgan fingerprint density at radius 2 is 1.87 bits per heavy atom. The number of ketones is 1. The van der Waals surface area contributed by atoms with Crippen LogP contribution in [0, 0.1) is 22.7 Å². The summed E-state index contributed by atoms with van der Waals surface area (Å²) in [5.41, 5.74) is 0.727. The molecular formula is C20H32O3. The summed E-state index contributed by atoms with van der Waals surface area (Å²) in [6.07, 6.45) is 7.63. The molecule has 0 amide bonds. The van der Waals surface area contributed by atoms with Crippen LogP contribution in [0.1, 0.15) is 66.7 Å². The van der Waals surface area contributed by atoms with E-state index in [1.807, 2.05) is 6.92 Å². The molecule has 0 bridgehead atoms. The fourth-order valence-electron chi connectivity index (χ4n) is 4.55. The number of hydrogen-bond donors (Lipinski definition) is 1. The molecule has 1 N–H and O–H groups in total. The molecule has 3 unspecified atom stereocenters. The van der Waals surface area contributed by atoms with Crippen molar-refractivity contribution in [1.29, 1.82) is 0 Å². The summed E-state index contributed by atoms with van der Waals surface area (Å²) in [6.45, 7) is 13.8. The van der Waals surface area contributed by atoms with Gasteiger partial charge in [-0.25, -0.2) is 0 Å². The molecule has 3 heteroatoms. The van der Waals surface area contributed by atoms with Gasteiger partial charge in [0.25, 0.3) is 0 Å². The number of rotatable bonds is 7. The molecule has 3 atom stereocenters. The van der Waals surface area contributed by atoms with Crippen molar-refractivity contribution in [3.05, 3.63) is 24.3 Å². The lowest BCUT2D eigenvalue weighted by molar-refractivity contribution is -0.147. The predicted molar refractivity (Wildman–Crippen MR) is 94.2 cm³/mol. The molecule has 0 aromatic rings. The van der Waals surface area contributed by atoms with E-state index in [0.29, 0.717) is 6.42 Å². The van der Waals surface area contributed by atoms with Crippen molar-refractivity contribution >= 4 is 11.8 Å². The van der Waals surface area contributed by atoms with Crippen molar-refractivity contribution in [2.45, 2.75) is 66.7 Å². The third-order valence-electron chi connectivity index (χ3n) is 5.94. The van der Waals surface area contributed by atoms with Gasteiger partial charge >= 0.3 is 5.97 Å². The van der Waals surface area contributed by atoms with Gasteiger partial charge in [-0.15, -0.1) is 0 Å². The van der Waals surface area contributed by atoms with Crippen LogP contribution in [-0.4, -0.2) is 16.9 Å². The van der Waals surface area contributed by atoms with Crippen molar-refractivity contribution in [1.82, 2.24) is 0 Å². The summed E-state index contributed by atoms with van der Waals surface area (Å²) in [7, 11) is 0.